The molecule has 0 aliphatic heterocycles. The summed E-state index contributed by atoms with van der Waals surface area (Å²) < 4.78 is 13.0. The average Bonchev–Trinajstić information content (AvgIpc) is 3.38. The molecule has 4 rings (SSSR count). The molecule has 34 heavy (non-hydrogen) atoms. The monoisotopic (exact) mass is 458 g/mol. The second kappa shape index (κ2) is 11.3. The molecule has 4 aromatic rings. The molecule has 1 N–H and O–H groups in total. The quantitative estimate of drug-likeness (QED) is 0.346. The molecule has 0 atom stereocenters. The van der Waals surface area contributed by atoms with Gasteiger partial charge in [0.05, 0.1) is 24.7 Å². The molecule has 8 heteroatoms. The molecule has 0 saturated carbocycles. The number of nitrogens with zero attached hydrogens (tertiary/aromatic N) is 5. The van der Waals surface area contributed by atoms with Crippen molar-refractivity contribution in [2.24, 2.45) is 0 Å². The van der Waals surface area contributed by atoms with Gasteiger partial charge in [-0.1, -0.05) is 19.9 Å². The summed E-state index contributed by atoms with van der Waals surface area (Å²) in [5.74, 6) is 2.14. The number of methoxy groups -OCH3 is 1. The maximum Gasteiger partial charge on any atom is 0.227 e. The maximum atomic E-state index is 5.86. The Morgan fingerprint density at radius 1 is 1.00 bits per heavy atom. The van der Waals surface area contributed by atoms with E-state index < -0.39 is 0 Å². The summed E-state index contributed by atoms with van der Waals surface area (Å²) in [4.78, 5) is 11.3. The predicted molar refractivity (Wildman–Crippen MR) is 134 cm³/mol. The second-order valence-corrected chi connectivity index (χ2v) is 7.67. The topological polar surface area (TPSA) is 77.3 Å². The number of hydrogen-bond acceptors (Lipinski definition) is 7. The van der Waals surface area contributed by atoms with Gasteiger partial charge in [0, 0.05) is 36.3 Å². The number of hydrogen-bond donors (Lipinski definition) is 1. The minimum atomic E-state index is 0.516. The molecule has 0 aliphatic carbocycles. The number of likely N-dealkylation sites (N-methyl/N-ethyl adjacent to an activating group) is 1. The van der Waals surface area contributed by atoms with Crippen molar-refractivity contribution in [3.63, 3.8) is 0 Å². The molecule has 2 aromatic carbocycles. The van der Waals surface area contributed by atoms with Gasteiger partial charge in [0.25, 0.3) is 0 Å². The first kappa shape index (κ1) is 23.3. The minimum absolute atomic E-state index is 0.516. The van der Waals surface area contributed by atoms with E-state index in [0.717, 1.165) is 53.8 Å². The molecule has 176 valence electrons. The summed E-state index contributed by atoms with van der Waals surface area (Å²) >= 11 is 0. The number of aromatic nitrogens is 4. The summed E-state index contributed by atoms with van der Waals surface area (Å²) in [6.07, 6.45) is 5.46. The number of anilines is 2. The van der Waals surface area contributed by atoms with Crippen LogP contribution in [0.2, 0.25) is 0 Å². The van der Waals surface area contributed by atoms with Crippen LogP contribution in [0.25, 0.3) is 16.9 Å². The zero-order valence-corrected chi connectivity index (χ0v) is 19.8. The summed E-state index contributed by atoms with van der Waals surface area (Å²) in [5.41, 5.74) is 3.48. The maximum absolute atomic E-state index is 5.86. The van der Waals surface area contributed by atoms with Crippen LogP contribution in [-0.2, 0) is 0 Å². The third-order valence-corrected chi connectivity index (χ3v) is 5.53. The average molecular weight is 459 g/mol. The van der Waals surface area contributed by atoms with E-state index in [4.69, 9.17) is 9.47 Å². The Kier molecular flexibility index (Phi) is 7.72. The van der Waals surface area contributed by atoms with Crippen molar-refractivity contribution in [3.8, 4) is 28.4 Å². The minimum Gasteiger partial charge on any atom is -0.497 e. The van der Waals surface area contributed by atoms with Crippen LogP contribution in [0.1, 0.15) is 13.8 Å². The van der Waals surface area contributed by atoms with Gasteiger partial charge in [-0.25, -0.2) is 14.6 Å². The Hall–Kier alpha value is -3.91. The highest BCUT2D eigenvalue weighted by atomic mass is 16.5. The van der Waals surface area contributed by atoms with Gasteiger partial charge in [-0.3, -0.25) is 0 Å². The normalized spacial score (nSPS) is 10.9. The van der Waals surface area contributed by atoms with Crippen molar-refractivity contribution in [3.05, 3.63) is 73.2 Å². The van der Waals surface area contributed by atoms with E-state index in [1.807, 2.05) is 60.8 Å². The highest BCUT2D eigenvalue weighted by Gasteiger charge is 2.08. The molecular formula is C26H30N6O2. The number of nitrogens with one attached hydrogen (secondary N) is 1. The molecule has 0 unspecified atom stereocenters. The standard InChI is InChI=1S/C26H30N6O2/c1-4-31(5-2)15-16-34-23-11-9-21(10-12-23)29-26-27-14-13-25(30-26)20-18-28-32(19-20)22-7-6-8-24(17-22)33-3/h6-14,17-19H,4-5,15-16H2,1-3H3,(H,27,29,30). The zero-order valence-electron chi connectivity index (χ0n) is 19.8. The zero-order chi connectivity index (χ0) is 23.8. The van der Waals surface area contributed by atoms with Crippen LogP contribution in [0.15, 0.2) is 73.2 Å². The van der Waals surface area contributed by atoms with Crippen molar-refractivity contribution >= 4 is 11.6 Å². The lowest BCUT2D eigenvalue weighted by Crippen LogP contribution is -2.27. The van der Waals surface area contributed by atoms with E-state index in [9.17, 15) is 0 Å². The van der Waals surface area contributed by atoms with Crippen LogP contribution in [0, 0.1) is 0 Å². The van der Waals surface area contributed by atoms with Crippen LogP contribution in [0.5, 0.6) is 11.5 Å². The Morgan fingerprint density at radius 2 is 1.82 bits per heavy atom. The van der Waals surface area contributed by atoms with Crippen molar-refractivity contribution < 1.29 is 9.47 Å². The number of benzene rings is 2. The van der Waals surface area contributed by atoms with Crippen LogP contribution in [-0.4, -0.2) is 58.0 Å². The first-order chi connectivity index (χ1) is 16.7. The Labute approximate surface area is 200 Å². The Bertz CT molecular complexity index is 1190. The fourth-order valence-corrected chi connectivity index (χ4v) is 3.52. The highest BCUT2D eigenvalue weighted by Crippen LogP contribution is 2.23. The van der Waals surface area contributed by atoms with Crippen molar-refractivity contribution in [2.45, 2.75) is 13.8 Å². The van der Waals surface area contributed by atoms with Crippen molar-refractivity contribution in [1.29, 1.82) is 0 Å². The van der Waals surface area contributed by atoms with Crippen LogP contribution in [0.3, 0.4) is 0 Å². The number of rotatable bonds is 11. The fraction of sp³-hybridized carbons (Fsp3) is 0.269. The van der Waals surface area contributed by atoms with Gasteiger partial charge < -0.3 is 19.7 Å². The molecule has 0 saturated heterocycles. The van der Waals surface area contributed by atoms with Crippen molar-refractivity contribution in [1.82, 2.24) is 24.6 Å². The molecule has 2 heterocycles. The van der Waals surface area contributed by atoms with Gasteiger partial charge in [-0.15, -0.1) is 0 Å². The Morgan fingerprint density at radius 3 is 2.59 bits per heavy atom. The van der Waals surface area contributed by atoms with Crippen molar-refractivity contribution in [2.75, 3.05) is 38.7 Å². The third-order valence-electron chi connectivity index (χ3n) is 5.53. The van der Waals surface area contributed by atoms with Gasteiger partial charge >= 0.3 is 0 Å². The molecule has 2 aromatic heterocycles. The van der Waals surface area contributed by atoms with Gasteiger partial charge in [-0.05, 0) is 55.6 Å². The molecule has 0 fully saturated rings. The van der Waals surface area contributed by atoms with Crippen LogP contribution in [0.4, 0.5) is 11.6 Å². The molecule has 8 nitrogen and oxygen atoms in total. The lowest BCUT2D eigenvalue weighted by atomic mass is 10.2. The largest absolute Gasteiger partial charge is 0.497 e. The van der Waals surface area contributed by atoms with Gasteiger partial charge in [0.2, 0.25) is 5.95 Å². The Balaban J connectivity index is 1.40. The summed E-state index contributed by atoms with van der Waals surface area (Å²) in [5, 5.41) is 7.73. The summed E-state index contributed by atoms with van der Waals surface area (Å²) in [6.45, 7) is 7.97. The second-order valence-electron chi connectivity index (χ2n) is 7.67. The number of ether oxygens (including phenoxy) is 2. The van der Waals surface area contributed by atoms with E-state index in [-0.39, 0.29) is 0 Å². The fourth-order valence-electron chi connectivity index (χ4n) is 3.52. The van der Waals surface area contributed by atoms with E-state index in [0.29, 0.717) is 12.6 Å². The smallest absolute Gasteiger partial charge is 0.227 e. The van der Waals surface area contributed by atoms with E-state index >= 15 is 0 Å². The highest BCUT2D eigenvalue weighted by molar-refractivity contribution is 5.61. The molecule has 0 amide bonds. The molecule has 0 aliphatic rings. The lowest BCUT2D eigenvalue weighted by Gasteiger charge is -2.18. The van der Waals surface area contributed by atoms with E-state index in [1.54, 1.807) is 24.2 Å². The van der Waals surface area contributed by atoms with E-state index in [1.165, 1.54) is 0 Å². The molecular weight excluding hydrogens is 428 g/mol. The van der Waals surface area contributed by atoms with E-state index in [2.05, 4.69) is 39.1 Å². The first-order valence-electron chi connectivity index (χ1n) is 11.4. The van der Waals surface area contributed by atoms with Gasteiger partial charge in [-0.2, -0.15) is 5.10 Å². The van der Waals surface area contributed by atoms with Crippen LogP contribution < -0.4 is 14.8 Å². The van der Waals surface area contributed by atoms with Gasteiger partial charge in [0.1, 0.15) is 18.1 Å². The first-order valence-corrected chi connectivity index (χ1v) is 11.4. The third kappa shape index (κ3) is 5.90. The lowest BCUT2D eigenvalue weighted by molar-refractivity contribution is 0.223. The summed E-state index contributed by atoms with van der Waals surface area (Å²) in [7, 11) is 1.65. The molecule has 0 bridgehead atoms. The SMILES string of the molecule is CCN(CC)CCOc1ccc(Nc2nccc(-c3cnn(-c4cccc(OC)c4)c3)n2)cc1. The van der Waals surface area contributed by atoms with Gasteiger partial charge in [0.15, 0.2) is 0 Å². The van der Waals surface area contributed by atoms with Crippen LogP contribution >= 0.6 is 0 Å². The molecule has 0 radical (unpaired) electrons. The molecule has 0 spiro atoms. The predicted octanol–water partition coefficient (Wildman–Crippen LogP) is 4.80. The summed E-state index contributed by atoms with van der Waals surface area (Å²) in [6, 6.07) is 17.4.